The number of halogens is 1. The van der Waals surface area contributed by atoms with E-state index in [1.807, 2.05) is 29.6 Å². The van der Waals surface area contributed by atoms with E-state index >= 15 is 0 Å². The zero-order valence-electron chi connectivity index (χ0n) is 17.7. The van der Waals surface area contributed by atoms with E-state index in [0.29, 0.717) is 33.8 Å². The fraction of sp³-hybridized carbons (Fsp3) is 0.304. The van der Waals surface area contributed by atoms with Crippen LogP contribution in [-0.2, 0) is 17.9 Å². The molecule has 1 N–H and O–H groups in total. The van der Waals surface area contributed by atoms with Crippen molar-refractivity contribution < 1.29 is 19.0 Å². The van der Waals surface area contributed by atoms with E-state index in [2.05, 4.69) is 15.2 Å². The molecule has 2 aromatic carbocycles. The minimum atomic E-state index is -0.250. The summed E-state index contributed by atoms with van der Waals surface area (Å²) in [6, 6.07) is 12.5. The number of thiazole rings is 1. The number of hydrogen-bond acceptors (Lipinski definition) is 7. The minimum absolute atomic E-state index is 0.250. The highest BCUT2D eigenvalue weighted by molar-refractivity contribution is 7.14. The Labute approximate surface area is 195 Å². The highest BCUT2D eigenvalue weighted by atomic mass is 35.5. The molecule has 1 saturated heterocycles. The maximum atomic E-state index is 12.7. The Morgan fingerprint density at radius 3 is 2.72 bits per heavy atom. The first-order valence-electron chi connectivity index (χ1n) is 10.2. The molecule has 0 bridgehead atoms. The summed E-state index contributed by atoms with van der Waals surface area (Å²) in [7, 11) is 1.55. The molecule has 168 valence electrons. The number of benzene rings is 2. The number of rotatable bonds is 8. The van der Waals surface area contributed by atoms with Crippen LogP contribution in [0.1, 0.15) is 21.6 Å². The zero-order chi connectivity index (χ0) is 22.3. The first kappa shape index (κ1) is 22.5. The summed E-state index contributed by atoms with van der Waals surface area (Å²) in [5.41, 5.74) is 2.39. The number of carbonyl (C=O) groups excluding carboxylic acids is 1. The largest absolute Gasteiger partial charge is 0.493 e. The lowest BCUT2D eigenvalue weighted by Gasteiger charge is -2.25. The summed E-state index contributed by atoms with van der Waals surface area (Å²) < 4.78 is 16.7. The first-order valence-corrected chi connectivity index (χ1v) is 11.5. The van der Waals surface area contributed by atoms with Crippen LogP contribution < -0.4 is 14.8 Å². The number of methoxy groups -OCH3 is 1. The van der Waals surface area contributed by atoms with E-state index < -0.39 is 0 Å². The van der Waals surface area contributed by atoms with E-state index in [1.165, 1.54) is 11.3 Å². The number of aromatic nitrogens is 1. The third-order valence-electron chi connectivity index (χ3n) is 4.99. The Morgan fingerprint density at radius 1 is 1.19 bits per heavy atom. The lowest BCUT2D eigenvalue weighted by atomic mass is 10.2. The van der Waals surface area contributed by atoms with Gasteiger partial charge in [-0.25, -0.2) is 4.98 Å². The van der Waals surface area contributed by atoms with E-state index in [0.717, 1.165) is 44.1 Å². The maximum Gasteiger partial charge on any atom is 0.257 e. The monoisotopic (exact) mass is 473 g/mol. The predicted octanol–water partition coefficient (Wildman–Crippen LogP) is 4.47. The summed E-state index contributed by atoms with van der Waals surface area (Å²) >= 11 is 7.33. The molecule has 2 heterocycles. The fourth-order valence-corrected chi connectivity index (χ4v) is 4.09. The minimum Gasteiger partial charge on any atom is -0.493 e. The van der Waals surface area contributed by atoms with Gasteiger partial charge < -0.3 is 14.2 Å². The van der Waals surface area contributed by atoms with Crippen LogP contribution in [0, 0.1) is 0 Å². The lowest BCUT2D eigenvalue weighted by Crippen LogP contribution is -2.35. The fourth-order valence-electron chi connectivity index (χ4n) is 3.26. The van der Waals surface area contributed by atoms with Crippen LogP contribution in [0.25, 0.3) is 0 Å². The van der Waals surface area contributed by atoms with Crippen LogP contribution in [0.15, 0.2) is 47.8 Å². The van der Waals surface area contributed by atoms with Crippen molar-refractivity contribution in [2.45, 2.75) is 13.2 Å². The maximum absolute atomic E-state index is 12.7. The van der Waals surface area contributed by atoms with Crippen molar-refractivity contribution in [2.24, 2.45) is 0 Å². The van der Waals surface area contributed by atoms with Crippen molar-refractivity contribution in [3.63, 3.8) is 0 Å². The van der Waals surface area contributed by atoms with Crippen LogP contribution in [0.4, 0.5) is 5.13 Å². The number of anilines is 1. The highest BCUT2D eigenvalue weighted by Crippen LogP contribution is 2.29. The molecule has 7 nitrogen and oxygen atoms in total. The topological polar surface area (TPSA) is 72.9 Å². The molecule has 3 aromatic rings. The molecule has 0 saturated carbocycles. The second-order valence-electron chi connectivity index (χ2n) is 7.27. The van der Waals surface area contributed by atoms with Gasteiger partial charge in [-0.2, -0.15) is 0 Å². The molecular weight excluding hydrogens is 450 g/mol. The van der Waals surface area contributed by atoms with Crippen LogP contribution in [0.2, 0.25) is 5.02 Å². The van der Waals surface area contributed by atoms with Gasteiger partial charge in [0.05, 0.1) is 26.0 Å². The molecule has 1 aliphatic rings. The average Bonchev–Trinajstić information content (AvgIpc) is 3.25. The summed E-state index contributed by atoms with van der Waals surface area (Å²) in [6.07, 6.45) is 0. The summed E-state index contributed by atoms with van der Waals surface area (Å²) in [5, 5.41) is 6.08. The van der Waals surface area contributed by atoms with E-state index in [-0.39, 0.29) is 5.91 Å². The smallest absolute Gasteiger partial charge is 0.257 e. The van der Waals surface area contributed by atoms with Crippen molar-refractivity contribution in [1.82, 2.24) is 9.88 Å². The molecule has 0 atom stereocenters. The number of nitrogens with one attached hydrogen (secondary N) is 1. The van der Waals surface area contributed by atoms with Crippen LogP contribution >= 0.6 is 22.9 Å². The van der Waals surface area contributed by atoms with E-state index in [1.54, 1.807) is 25.3 Å². The van der Waals surface area contributed by atoms with Crippen molar-refractivity contribution >= 4 is 34.0 Å². The Balaban J connectivity index is 1.36. The van der Waals surface area contributed by atoms with Gasteiger partial charge in [-0.1, -0.05) is 23.7 Å². The van der Waals surface area contributed by atoms with Crippen LogP contribution in [-0.4, -0.2) is 49.2 Å². The number of morpholine rings is 1. The summed E-state index contributed by atoms with van der Waals surface area (Å²) in [5.74, 6) is 0.791. The quantitative estimate of drug-likeness (QED) is 0.520. The average molecular weight is 474 g/mol. The molecule has 0 radical (unpaired) electrons. The van der Waals surface area contributed by atoms with Crippen molar-refractivity contribution in [2.75, 3.05) is 38.7 Å². The zero-order valence-corrected chi connectivity index (χ0v) is 19.2. The molecule has 0 spiro atoms. The highest BCUT2D eigenvalue weighted by Gasteiger charge is 2.15. The third-order valence-corrected chi connectivity index (χ3v) is 6.05. The van der Waals surface area contributed by atoms with Gasteiger partial charge in [0.15, 0.2) is 16.6 Å². The molecule has 9 heteroatoms. The van der Waals surface area contributed by atoms with E-state index in [9.17, 15) is 4.79 Å². The van der Waals surface area contributed by atoms with Gasteiger partial charge in [0.2, 0.25) is 0 Å². The van der Waals surface area contributed by atoms with Crippen LogP contribution in [0.5, 0.6) is 11.5 Å². The van der Waals surface area contributed by atoms with Crippen molar-refractivity contribution in [1.29, 1.82) is 0 Å². The van der Waals surface area contributed by atoms with Crippen molar-refractivity contribution in [3.8, 4) is 11.5 Å². The SMILES string of the molecule is COc1cc(C(=O)Nc2nc(CN3CCOCC3)cs2)ccc1OCc1ccc(Cl)cc1. The Morgan fingerprint density at radius 2 is 1.97 bits per heavy atom. The predicted molar refractivity (Wildman–Crippen MR) is 125 cm³/mol. The molecule has 0 aliphatic carbocycles. The van der Waals surface area contributed by atoms with Gasteiger partial charge >= 0.3 is 0 Å². The standard InChI is InChI=1S/C23H24ClN3O4S/c1-29-21-12-17(4-7-20(21)31-14-16-2-5-18(24)6-3-16)22(28)26-23-25-19(15-32-23)13-27-8-10-30-11-9-27/h2-7,12,15H,8-11,13-14H2,1H3,(H,25,26,28). The number of ether oxygens (including phenoxy) is 3. The second-order valence-corrected chi connectivity index (χ2v) is 8.56. The van der Waals surface area contributed by atoms with Gasteiger partial charge in [0, 0.05) is 35.6 Å². The molecule has 1 aliphatic heterocycles. The molecule has 0 unspecified atom stereocenters. The Kier molecular flexibility index (Phi) is 7.59. The van der Waals surface area contributed by atoms with Gasteiger partial charge in [-0.3, -0.25) is 15.0 Å². The summed E-state index contributed by atoms with van der Waals surface area (Å²) in [6.45, 7) is 4.40. The third kappa shape index (κ3) is 5.98. The van der Waals surface area contributed by atoms with Gasteiger partial charge in [-0.15, -0.1) is 11.3 Å². The second kappa shape index (κ2) is 10.8. The van der Waals surface area contributed by atoms with E-state index in [4.69, 9.17) is 25.8 Å². The molecule has 32 heavy (non-hydrogen) atoms. The first-order chi connectivity index (χ1) is 15.6. The molecule has 1 fully saturated rings. The molecule has 1 amide bonds. The molecular formula is C23H24ClN3O4S. The Hall–Kier alpha value is -2.65. The van der Waals surface area contributed by atoms with Gasteiger partial charge in [0.25, 0.3) is 5.91 Å². The molecule has 1 aromatic heterocycles. The number of hydrogen-bond donors (Lipinski definition) is 1. The summed E-state index contributed by atoms with van der Waals surface area (Å²) in [4.78, 5) is 19.6. The number of carbonyl (C=O) groups is 1. The molecule has 4 rings (SSSR count). The van der Waals surface area contributed by atoms with Crippen molar-refractivity contribution in [3.05, 3.63) is 69.7 Å². The Bertz CT molecular complexity index is 1050. The van der Waals surface area contributed by atoms with Gasteiger partial charge in [0.1, 0.15) is 6.61 Å². The lowest BCUT2D eigenvalue weighted by molar-refractivity contribution is 0.0337. The normalized spacial score (nSPS) is 14.2. The van der Waals surface area contributed by atoms with Gasteiger partial charge in [-0.05, 0) is 35.9 Å². The number of amides is 1. The number of nitrogens with zero attached hydrogens (tertiary/aromatic N) is 2. The van der Waals surface area contributed by atoms with Crippen LogP contribution in [0.3, 0.4) is 0 Å².